The van der Waals surface area contributed by atoms with Gasteiger partial charge in [-0.3, -0.25) is 14.5 Å². The highest BCUT2D eigenvalue weighted by Crippen LogP contribution is 2.28. The largest absolute Gasteiger partial charge is 0.288 e. The second kappa shape index (κ2) is 10.2. The zero-order chi connectivity index (χ0) is 25.0. The third-order valence-electron chi connectivity index (χ3n) is 4.88. The molecule has 10 heteroatoms. The Morgan fingerprint density at radius 1 is 1.09 bits per heavy atom. The number of sulfonamides is 1. The normalized spacial score (nSPS) is 12.5. The van der Waals surface area contributed by atoms with Crippen molar-refractivity contribution in [3.05, 3.63) is 83.0 Å². The standard InChI is InChI=1S/C24H22F3N3O3S/c1-4-7-14(6-3)20-13-28-17-9-8-15(11-18(17)29-20)24(31)21-22(26)16(25)12-19(23(21)27)30-34(32,33)10-5-2/h4,6-9,11-13,30H,5,10H2,1-3H3. The predicted octanol–water partition coefficient (Wildman–Crippen LogP) is 5.41. The van der Waals surface area contributed by atoms with E-state index in [9.17, 15) is 22.0 Å². The lowest BCUT2D eigenvalue weighted by atomic mass is 10.0. The van der Waals surface area contributed by atoms with Crippen LogP contribution in [0.15, 0.2) is 48.7 Å². The Bertz CT molecular complexity index is 1430. The van der Waals surface area contributed by atoms with Crippen molar-refractivity contribution in [1.29, 1.82) is 0 Å². The third kappa shape index (κ3) is 5.17. The van der Waals surface area contributed by atoms with E-state index in [1.807, 2.05) is 36.8 Å². The van der Waals surface area contributed by atoms with Gasteiger partial charge in [0, 0.05) is 11.6 Å². The number of aromatic nitrogens is 2. The fourth-order valence-corrected chi connectivity index (χ4v) is 4.43. The Morgan fingerprint density at radius 2 is 1.82 bits per heavy atom. The fourth-order valence-electron chi connectivity index (χ4n) is 3.31. The summed E-state index contributed by atoms with van der Waals surface area (Å²) in [6, 6.07) is 4.39. The summed E-state index contributed by atoms with van der Waals surface area (Å²) in [7, 11) is -4.01. The minimum absolute atomic E-state index is 0.169. The van der Waals surface area contributed by atoms with Crippen LogP contribution in [0.3, 0.4) is 0 Å². The summed E-state index contributed by atoms with van der Waals surface area (Å²) in [5, 5.41) is 0. The topological polar surface area (TPSA) is 89.0 Å². The molecule has 0 saturated heterocycles. The molecule has 0 radical (unpaired) electrons. The van der Waals surface area contributed by atoms with Gasteiger partial charge < -0.3 is 0 Å². The fraction of sp³-hybridized carbons (Fsp3) is 0.208. The van der Waals surface area contributed by atoms with Gasteiger partial charge in [-0.1, -0.05) is 25.2 Å². The molecule has 0 bridgehead atoms. The maximum atomic E-state index is 15.0. The number of benzene rings is 2. The quantitative estimate of drug-likeness (QED) is 0.260. The Balaban J connectivity index is 2.10. The Morgan fingerprint density at radius 3 is 2.47 bits per heavy atom. The number of ketones is 1. The summed E-state index contributed by atoms with van der Waals surface area (Å²) in [5.74, 6) is -6.31. The number of carbonyl (C=O) groups excluding carboxylic acids is 1. The molecule has 0 aliphatic heterocycles. The number of nitrogens with one attached hydrogen (secondary N) is 1. The molecule has 0 spiro atoms. The van der Waals surface area contributed by atoms with E-state index < -0.39 is 44.5 Å². The molecule has 0 unspecified atom stereocenters. The number of allylic oxidation sites excluding steroid dienone is 4. The maximum Gasteiger partial charge on any atom is 0.232 e. The first kappa shape index (κ1) is 25.1. The number of hydrogen-bond acceptors (Lipinski definition) is 5. The number of halogens is 3. The number of carbonyl (C=O) groups is 1. The number of nitrogens with zero attached hydrogens (tertiary/aromatic N) is 2. The van der Waals surface area contributed by atoms with E-state index >= 15 is 4.39 Å². The molecule has 1 N–H and O–H groups in total. The minimum atomic E-state index is -4.01. The Labute approximate surface area is 195 Å². The molecule has 34 heavy (non-hydrogen) atoms. The Kier molecular flexibility index (Phi) is 7.51. The van der Waals surface area contributed by atoms with Crippen molar-refractivity contribution in [3.8, 4) is 0 Å². The second-order valence-corrected chi connectivity index (χ2v) is 9.20. The van der Waals surface area contributed by atoms with Crippen LogP contribution in [0.25, 0.3) is 16.6 Å². The molecule has 2 aromatic carbocycles. The SMILES string of the molecule is CC=CC(=CC)c1cnc2ccc(C(=O)c3c(F)c(F)cc(NS(=O)(=O)CCC)c3F)cc2n1. The van der Waals surface area contributed by atoms with Crippen LogP contribution in [-0.4, -0.2) is 29.9 Å². The van der Waals surface area contributed by atoms with Gasteiger partial charge in [-0.25, -0.2) is 26.6 Å². The van der Waals surface area contributed by atoms with Gasteiger partial charge in [0.25, 0.3) is 0 Å². The molecule has 0 atom stereocenters. The van der Waals surface area contributed by atoms with Gasteiger partial charge in [-0.15, -0.1) is 0 Å². The van der Waals surface area contributed by atoms with Crippen molar-refractivity contribution in [2.24, 2.45) is 0 Å². The number of hydrogen-bond donors (Lipinski definition) is 1. The van der Waals surface area contributed by atoms with Crippen molar-refractivity contribution < 1.29 is 26.4 Å². The van der Waals surface area contributed by atoms with Crippen LogP contribution in [0, 0.1) is 17.5 Å². The zero-order valence-corrected chi connectivity index (χ0v) is 19.5. The van der Waals surface area contributed by atoms with E-state index in [-0.39, 0.29) is 23.3 Å². The summed E-state index contributed by atoms with van der Waals surface area (Å²) in [6.07, 6.45) is 7.24. The number of rotatable bonds is 8. The number of anilines is 1. The van der Waals surface area contributed by atoms with Crippen LogP contribution in [0.1, 0.15) is 48.8 Å². The highest BCUT2D eigenvalue weighted by molar-refractivity contribution is 7.92. The number of fused-ring (bicyclic) bond motifs is 1. The van der Waals surface area contributed by atoms with Gasteiger partial charge in [0.2, 0.25) is 10.0 Å². The van der Waals surface area contributed by atoms with Crippen molar-refractivity contribution in [2.75, 3.05) is 10.5 Å². The average molecular weight is 490 g/mol. The molecule has 0 aliphatic rings. The van der Waals surface area contributed by atoms with E-state index in [1.165, 1.54) is 18.2 Å². The lowest BCUT2D eigenvalue weighted by molar-refractivity contribution is 0.103. The second-order valence-electron chi connectivity index (χ2n) is 7.36. The van der Waals surface area contributed by atoms with Gasteiger partial charge in [0.1, 0.15) is 0 Å². The molecule has 0 saturated carbocycles. The summed E-state index contributed by atoms with van der Waals surface area (Å²) in [4.78, 5) is 21.8. The molecule has 3 rings (SSSR count). The van der Waals surface area contributed by atoms with Gasteiger partial charge in [0.05, 0.1) is 39.9 Å². The van der Waals surface area contributed by atoms with Gasteiger partial charge >= 0.3 is 0 Å². The molecule has 1 heterocycles. The van der Waals surface area contributed by atoms with Crippen molar-refractivity contribution in [3.63, 3.8) is 0 Å². The first-order valence-corrected chi connectivity index (χ1v) is 12.1. The van der Waals surface area contributed by atoms with Crippen molar-refractivity contribution in [1.82, 2.24) is 9.97 Å². The molecule has 0 amide bonds. The molecular weight excluding hydrogens is 467 g/mol. The molecule has 3 aromatic rings. The predicted molar refractivity (Wildman–Crippen MR) is 125 cm³/mol. The monoisotopic (exact) mass is 489 g/mol. The lowest BCUT2D eigenvalue weighted by Gasteiger charge is -2.12. The van der Waals surface area contributed by atoms with Crippen LogP contribution < -0.4 is 4.72 Å². The van der Waals surface area contributed by atoms with E-state index in [1.54, 1.807) is 13.1 Å². The molecule has 1 aromatic heterocycles. The summed E-state index contributed by atoms with van der Waals surface area (Å²) in [5.41, 5.74) is -0.202. The van der Waals surface area contributed by atoms with E-state index in [0.717, 1.165) is 5.57 Å². The van der Waals surface area contributed by atoms with E-state index in [0.29, 0.717) is 17.3 Å². The minimum Gasteiger partial charge on any atom is -0.288 e. The highest BCUT2D eigenvalue weighted by Gasteiger charge is 2.27. The maximum absolute atomic E-state index is 15.0. The Hall–Kier alpha value is -3.53. The zero-order valence-electron chi connectivity index (χ0n) is 18.7. The average Bonchev–Trinajstić information content (AvgIpc) is 2.80. The smallest absolute Gasteiger partial charge is 0.232 e. The molecule has 178 valence electrons. The van der Waals surface area contributed by atoms with Gasteiger partial charge in [0.15, 0.2) is 23.2 Å². The highest BCUT2D eigenvalue weighted by atomic mass is 32.2. The van der Waals surface area contributed by atoms with E-state index in [4.69, 9.17) is 0 Å². The first-order chi connectivity index (χ1) is 16.1. The summed E-state index contributed by atoms with van der Waals surface area (Å²) < 4.78 is 69.6. The lowest BCUT2D eigenvalue weighted by Crippen LogP contribution is -2.19. The molecular formula is C24H22F3N3O3S. The van der Waals surface area contributed by atoms with Crippen molar-refractivity contribution >= 4 is 38.1 Å². The molecule has 0 fully saturated rings. The molecule has 0 aliphatic carbocycles. The van der Waals surface area contributed by atoms with Crippen LogP contribution in [-0.2, 0) is 10.0 Å². The van der Waals surface area contributed by atoms with E-state index in [2.05, 4.69) is 9.97 Å². The van der Waals surface area contributed by atoms with Gasteiger partial charge in [-0.05, 0) is 44.0 Å². The van der Waals surface area contributed by atoms with Gasteiger partial charge in [-0.2, -0.15) is 0 Å². The molecule has 6 nitrogen and oxygen atoms in total. The van der Waals surface area contributed by atoms with Crippen LogP contribution in [0.4, 0.5) is 18.9 Å². The third-order valence-corrected chi connectivity index (χ3v) is 6.36. The van der Waals surface area contributed by atoms with Crippen LogP contribution >= 0.6 is 0 Å². The van der Waals surface area contributed by atoms with Crippen molar-refractivity contribution in [2.45, 2.75) is 27.2 Å². The summed E-state index contributed by atoms with van der Waals surface area (Å²) >= 11 is 0. The van der Waals surface area contributed by atoms with Crippen LogP contribution in [0.2, 0.25) is 0 Å². The van der Waals surface area contributed by atoms with Crippen LogP contribution in [0.5, 0.6) is 0 Å². The first-order valence-electron chi connectivity index (χ1n) is 10.4. The summed E-state index contributed by atoms with van der Waals surface area (Å²) in [6.45, 7) is 5.25.